The van der Waals surface area contributed by atoms with Crippen LogP contribution in [-0.4, -0.2) is 59.1 Å². The smallest absolute Gasteiger partial charge is 0.257 e. The van der Waals surface area contributed by atoms with Gasteiger partial charge in [0.2, 0.25) is 5.91 Å². The Kier molecular flexibility index (Phi) is 5.11. The molecular formula is C17H21N3O3S. The van der Waals surface area contributed by atoms with E-state index in [4.69, 9.17) is 4.74 Å². The molecule has 0 aliphatic carbocycles. The molecule has 3 rings (SSSR count). The van der Waals surface area contributed by atoms with E-state index in [0.29, 0.717) is 23.8 Å². The lowest BCUT2D eigenvalue weighted by Crippen LogP contribution is -2.50. The van der Waals surface area contributed by atoms with Crippen molar-refractivity contribution in [2.45, 2.75) is 19.0 Å². The summed E-state index contributed by atoms with van der Waals surface area (Å²) in [6.07, 6.45) is 1.72. The molecule has 0 saturated carbocycles. The van der Waals surface area contributed by atoms with Gasteiger partial charge in [-0.3, -0.25) is 9.59 Å². The predicted octanol–water partition coefficient (Wildman–Crippen LogP) is 1.83. The molecule has 0 spiro atoms. The van der Waals surface area contributed by atoms with Gasteiger partial charge in [-0.1, -0.05) is 18.2 Å². The van der Waals surface area contributed by atoms with Crippen LogP contribution >= 0.6 is 11.8 Å². The summed E-state index contributed by atoms with van der Waals surface area (Å²) < 4.78 is 5.04. The van der Waals surface area contributed by atoms with Gasteiger partial charge in [-0.2, -0.15) is 0 Å². The second-order valence-corrected chi connectivity index (χ2v) is 6.90. The monoisotopic (exact) mass is 347 g/mol. The molecule has 1 aliphatic rings. The molecule has 6 nitrogen and oxygen atoms in total. The highest BCUT2D eigenvalue weighted by Gasteiger charge is 2.36. The van der Waals surface area contributed by atoms with E-state index in [0.717, 1.165) is 10.9 Å². The molecule has 2 N–H and O–H groups in total. The number of H-pyrrole nitrogens is 1. The predicted molar refractivity (Wildman–Crippen MR) is 95.1 cm³/mol. The molecule has 0 bridgehead atoms. The van der Waals surface area contributed by atoms with Crippen LogP contribution in [0.15, 0.2) is 30.5 Å². The Balaban J connectivity index is 1.77. The normalized spacial score (nSPS) is 18.8. The third kappa shape index (κ3) is 3.27. The van der Waals surface area contributed by atoms with Crippen LogP contribution in [0, 0.1) is 0 Å². The quantitative estimate of drug-likeness (QED) is 0.865. The lowest BCUT2D eigenvalue weighted by Gasteiger charge is -2.24. The number of methoxy groups -OCH3 is 1. The molecule has 0 radical (unpaired) electrons. The van der Waals surface area contributed by atoms with E-state index in [1.165, 1.54) is 0 Å². The molecule has 1 aromatic carbocycles. The van der Waals surface area contributed by atoms with Crippen LogP contribution in [0.2, 0.25) is 0 Å². The number of amides is 2. The van der Waals surface area contributed by atoms with Crippen molar-refractivity contribution >= 4 is 34.5 Å². The third-order valence-corrected chi connectivity index (χ3v) is 5.08. The Hall–Kier alpha value is -1.99. The Labute approximate surface area is 144 Å². The first kappa shape index (κ1) is 16.9. The van der Waals surface area contributed by atoms with Crippen LogP contribution in [0.5, 0.6) is 0 Å². The number of aromatic amines is 1. The van der Waals surface area contributed by atoms with Crippen LogP contribution in [0.4, 0.5) is 0 Å². The maximum Gasteiger partial charge on any atom is 0.257 e. The Morgan fingerprint density at radius 2 is 2.25 bits per heavy atom. The van der Waals surface area contributed by atoms with Crippen molar-refractivity contribution in [3.05, 3.63) is 36.0 Å². The van der Waals surface area contributed by atoms with Crippen LogP contribution < -0.4 is 5.32 Å². The van der Waals surface area contributed by atoms with Crippen LogP contribution in [-0.2, 0) is 9.53 Å². The standard InChI is InChI=1S/C17H21N3O3S/c1-11(8-23-2)19-16(21)15-9-24-10-20(15)17(22)13-7-18-14-6-4-3-5-12(13)14/h3-7,11,15,18H,8-10H2,1-2H3,(H,19,21). The molecule has 1 aliphatic heterocycles. The lowest BCUT2D eigenvalue weighted by molar-refractivity contribution is -0.125. The largest absolute Gasteiger partial charge is 0.383 e. The molecule has 128 valence electrons. The third-order valence-electron chi connectivity index (χ3n) is 4.07. The molecule has 24 heavy (non-hydrogen) atoms. The molecule has 1 saturated heterocycles. The SMILES string of the molecule is COCC(C)NC(=O)C1CSCN1C(=O)c1c[nH]c2ccccc12. The summed E-state index contributed by atoms with van der Waals surface area (Å²) >= 11 is 1.59. The molecule has 2 aromatic rings. The second-order valence-electron chi connectivity index (χ2n) is 5.90. The average molecular weight is 347 g/mol. The summed E-state index contributed by atoms with van der Waals surface area (Å²) in [4.78, 5) is 30.2. The van der Waals surface area contributed by atoms with E-state index in [9.17, 15) is 9.59 Å². The Morgan fingerprint density at radius 3 is 3.04 bits per heavy atom. The van der Waals surface area contributed by atoms with Gasteiger partial charge in [0.15, 0.2) is 0 Å². The van der Waals surface area contributed by atoms with E-state index < -0.39 is 6.04 Å². The van der Waals surface area contributed by atoms with Crippen molar-refractivity contribution < 1.29 is 14.3 Å². The highest BCUT2D eigenvalue weighted by Crippen LogP contribution is 2.26. The van der Waals surface area contributed by atoms with E-state index >= 15 is 0 Å². The second kappa shape index (κ2) is 7.27. The number of rotatable bonds is 5. The van der Waals surface area contributed by atoms with Gasteiger partial charge in [-0.05, 0) is 13.0 Å². The minimum Gasteiger partial charge on any atom is -0.383 e. The number of carbonyl (C=O) groups is 2. The fraction of sp³-hybridized carbons (Fsp3) is 0.412. The van der Waals surface area contributed by atoms with Gasteiger partial charge in [0.25, 0.3) is 5.91 Å². The highest BCUT2D eigenvalue weighted by atomic mass is 32.2. The van der Waals surface area contributed by atoms with Crippen molar-refractivity contribution in [3.63, 3.8) is 0 Å². The zero-order valence-corrected chi connectivity index (χ0v) is 14.6. The average Bonchev–Trinajstić information content (AvgIpc) is 3.21. The number of hydrogen-bond donors (Lipinski definition) is 2. The number of fused-ring (bicyclic) bond motifs is 1. The van der Waals surface area contributed by atoms with Crippen molar-refractivity contribution in [1.29, 1.82) is 0 Å². The van der Waals surface area contributed by atoms with Crippen LogP contribution in [0.25, 0.3) is 10.9 Å². The Bertz CT molecular complexity index is 746. The van der Waals surface area contributed by atoms with Gasteiger partial charge >= 0.3 is 0 Å². The number of thioether (sulfide) groups is 1. The van der Waals surface area contributed by atoms with Gasteiger partial charge in [0, 0.05) is 36.0 Å². The number of para-hydroxylation sites is 1. The fourth-order valence-corrected chi connectivity index (χ4v) is 4.05. The van der Waals surface area contributed by atoms with Crippen LogP contribution in [0.1, 0.15) is 17.3 Å². The first-order valence-electron chi connectivity index (χ1n) is 7.86. The number of aromatic nitrogens is 1. The number of nitrogens with one attached hydrogen (secondary N) is 2. The zero-order chi connectivity index (χ0) is 17.1. The molecular weight excluding hydrogens is 326 g/mol. The number of hydrogen-bond acceptors (Lipinski definition) is 4. The molecule has 1 fully saturated rings. The number of nitrogens with zero attached hydrogens (tertiary/aromatic N) is 1. The summed E-state index contributed by atoms with van der Waals surface area (Å²) in [6, 6.07) is 7.14. The number of ether oxygens (including phenoxy) is 1. The van der Waals surface area contributed by atoms with Gasteiger partial charge in [-0.15, -0.1) is 11.8 Å². The van der Waals surface area contributed by atoms with Crippen molar-refractivity contribution in [3.8, 4) is 0 Å². The van der Waals surface area contributed by atoms with Crippen LogP contribution in [0.3, 0.4) is 0 Å². The van der Waals surface area contributed by atoms with E-state index in [-0.39, 0.29) is 17.9 Å². The molecule has 2 amide bonds. The number of benzene rings is 1. The van der Waals surface area contributed by atoms with E-state index in [2.05, 4.69) is 10.3 Å². The maximum absolute atomic E-state index is 12.9. The first-order chi connectivity index (χ1) is 11.6. The van der Waals surface area contributed by atoms with Gasteiger partial charge in [0.1, 0.15) is 6.04 Å². The fourth-order valence-electron chi connectivity index (χ4n) is 2.89. The maximum atomic E-state index is 12.9. The zero-order valence-electron chi connectivity index (χ0n) is 13.7. The minimum absolute atomic E-state index is 0.0851. The summed E-state index contributed by atoms with van der Waals surface area (Å²) in [5, 5.41) is 3.79. The topological polar surface area (TPSA) is 74.4 Å². The van der Waals surface area contributed by atoms with Gasteiger partial charge < -0.3 is 19.9 Å². The lowest BCUT2D eigenvalue weighted by atomic mass is 10.1. The summed E-state index contributed by atoms with van der Waals surface area (Å²) in [7, 11) is 1.60. The summed E-state index contributed by atoms with van der Waals surface area (Å²) in [5.41, 5.74) is 1.53. The first-order valence-corrected chi connectivity index (χ1v) is 9.01. The summed E-state index contributed by atoms with van der Waals surface area (Å²) in [6.45, 7) is 2.33. The van der Waals surface area contributed by atoms with Gasteiger partial charge in [0.05, 0.1) is 18.0 Å². The summed E-state index contributed by atoms with van der Waals surface area (Å²) in [5.74, 6) is 0.893. The molecule has 2 atom stereocenters. The Morgan fingerprint density at radius 1 is 1.46 bits per heavy atom. The molecule has 1 aromatic heterocycles. The number of carbonyl (C=O) groups excluding carboxylic acids is 2. The van der Waals surface area contributed by atoms with E-state index in [1.807, 2.05) is 31.2 Å². The van der Waals surface area contributed by atoms with E-state index in [1.54, 1.807) is 30.0 Å². The highest BCUT2D eigenvalue weighted by molar-refractivity contribution is 7.99. The van der Waals surface area contributed by atoms with Gasteiger partial charge in [-0.25, -0.2) is 0 Å². The molecule has 7 heteroatoms. The van der Waals surface area contributed by atoms with Crippen molar-refractivity contribution in [2.75, 3.05) is 25.3 Å². The van der Waals surface area contributed by atoms with Crippen molar-refractivity contribution in [1.82, 2.24) is 15.2 Å². The minimum atomic E-state index is -0.449. The molecule has 2 heterocycles. The molecule has 2 unspecified atom stereocenters. The van der Waals surface area contributed by atoms with Crippen molar-refractivity contribution in [2.24, 2.45) is 0 Å².